The smallest absolute Gasteiger partial charge is 0.120 e. The second-order valence-electron chi connectivity index (χ2n) is 3.92. The molecule has 0 unspecified atom stereocenters. The Bertz CT molecular complexity index is 575. The molecule has 4 heteroatoms. The number of hydrogen-bond acceptors (Lipinski definition) is 3. The first-order valence-corrected chi connectivity index (χ1v) is 6.69. The first-order valence-electron chi connectivity index (χ1n) is 5.90. The number of anilines is 1. The minimum absolute atomic E-state index is 0.580. The van der Waals surface area contributed by atoms with Crippen molar-refractivity contribution in [2.75, 3.05) is 18.5 Å². The first-order chi connectivity index (χ1) is 9.28. The molecule has 0 bridgehead atoms. The summed E-state index contributed by atoms with van der Waals surface area (Å²) in [5, 5.41) is 11.9. The Morgan fingerprint density at radius 2 is 1.95 bits per heavy atom. The van der Waals surface area contributed by atoms with Crippen LogP contribution in [0.25, 0.3) is 0 Å². The van der Waals surface area contributed by atoms with Crippen LogP contribution < -0.4 is 10.1 Å². The summed E-state index contributed by atoms with van der Waals surface area (Å²) in [5.74, 6) is 0.844. The highest BCUT2D eigenvalue weighted by atomic mass is 79.9. The van der Waals surface area contributed by atoms with E-state index >= 15 is 0 Å². The molecular formula is C15H13BrN2O. The molecule has 0 fully saturated rings. The third-order valence-electron chi connectivity index (χ3n) is 2.51. The van der Waals surface area contributed by atoms with Gasteiger partial charge in [0.05, 0.1) is 11.6 Å². The lowest BCUT2D eigenvalue weighted by Crippen LogP contribution is -2.11. The second kappa shape index (κ2) is 6.81. The Hall–Kier alpha value is -1.99. The van der Waals surface area contributed by atoms with E-state index in [1.807, 2.05) is 36.4 Å². The molecular weight excluding hydrogens is 304 g/mol. The summed E-state index contributed by atoms with van der Waals surface area (Å²) in [6.45, 7) is 1.29. The minimum atomic E-state index is 0.580. The van der Waals surface area contributed by atoms with Gasteiger partial charge in [-0.25, -0.2) is 0 Å². The van der Waals surface area contributed by atoms with Gasteiger partial charge in [0.15, 0.2) is 0 Å². The molecule has 0 aliphatic rings. The highest BCUT2D eigenvalue weighted by Crippen LogP contribution is 2.17. The highest BCUT2D eigenvalue weighted by molar-refractivity contribution is 9.10. The molecule has 2 rings (SSSR count). The number of rotatable bonds is 5. The van der Waals surface area contributed by atoms with Gasteiger partial charge in [-0.1, -0.05) is 22.0 Å². The van der Waals surface area contributed by atoms with E-state index in [0.29, 0.717) is 18.7 Å². The summed E-state index contributed by atoms with van der Waals surface area (Å²) < 4.78 is 6.61. The van der Waals surface area contributed by atoms with Crippen LogP contribution in [0.4, 0.5) is 5.69 Å². The standard InChI is InChI=1S/C15H13BrN2O/c16-13-2-1-3-15(10-13)19-9-8-18-14-6-4-12(11-17)5-7-14/h1-7,10,18H,8-9H2. The van der Waals surface area contributed by atoms with E-state index in [1.54, 1.807) is 12.1 Å². The topological polar surface area (TPSA) is 45.0 Å². The molecule has 0 atom stereocenters. The summed E-state index contributed by atoms with van der Waals surface area (Å²) in [5.41, 5.74) is 1.65. The number of nitrogens with zero attached hydrogens (tertiary/aromatic N) is 1. The number of nitriles is 1. The Morgan fingerprint density at radius 3 is 2.63 bits per heavy atom. The van der Waals surface area contributed by atoms with Crippen molar-refractivity contribution in [3.8, 4) is 11.8 Å². The van der Waals surface area contributed by atoms with E-state index in [4.69, 9.17) is 10.00 Å². The predicted octanol–water partition coefficient (Wildman–Crippen LogP) is 3.81. The van der Waals surface area contributed by atoms with E-state index in [9.17, 15) is 0 Å². The van der Waals surface area contributed by atoms with Crippen molar-refractivity contribution in [2.45, 2.75) is 0 Å². The summed E-state index contributed by atoms with van der Waals surface area (Å²) >= 11 is 3.40. The number of hydrogen-bond donors (Lipinski definition) is 1. The average molecular weight is 317 g/mol. The molecule has 2 aromatic rings. The Labute approximate surface area is 121 Å². The zero-order valence-corrected chi connectivity index (χ0v) is 11.9. The van der Waals surface area contributed by atoms with Gasteiger partial charge in [0, 0.05) is 16.7 Å². The molecule has 0 amide bonds. The van der Waals surface area contributed by atoms with Gasteiger partial charge >= 0.3 is 0 Å². The fourth-order valence-electron chi connectivity index (χ4n) is 1.58. The zero-order valence-electron chi connectivity index (χ0n) is 10.3. The Kier molecular flexibility index (Phi) is 4.82. The van der Waals surface area contributed by atoms with Crippen LogP contribution in [0, 0.1) is 11.3 Å². The van der Waals surface area contributed by atoms with E-state index in [1.165, 1.54) is 0 Å². The van der Waals surface area contributed by atoms with Crippen LogP contribution in [0.1, 0.15) is 5.56 Å². The zero-order chi connectivity index (χ0) is 13.5. The van der Waals surface area contributed by atoms with Gasteiger partial charge < -0.3 is 10.1 Å². The lowest BCUT2D eigenvalue weighted by molar-refractivity contribution is 0.332. The van der Waals surface area contributed by atoms with Crippen molar-refractivity contribution in [1.82, 2.24) is 0 Å². The van der Waals surface area contributed by atoms with E-state index in [-0.39, 0.29) is 0 Å². The minimum Gasteiger partial charge on any atom is -0.492 e. The Balaban J connectivity index is 1.76. The summed E-state index contributed by atoms with van der Waals surface area (Å²) in [6.07, 6.45) is 0. The molecule has 0 heterocycles. The lowest BCUT2D eigenvalue weighted by atomic mass is 10.2. The van der Waals surface area contributed by atoms with Crippen LogP contribution in [0.15, 0.2) is 53.0 Å². The van der Waals surface area contributed by atoms with E-state index in [2.05, 4.69) is 27.3 Å². The fourth-order valence-corrected chi connectivity index (χ4v) is 1.96. The van der Waals surface area contributed by atoms with Crippen LogP contribution >= 0.6 is 15.9 Å². The van der Waals surface area contributed by atoms with Crippen molar-refractivity contribution in [2.24, 2.45) is 0 Å². The maximum atomic E-state index is 8.70. The van der Waals surface area contributed by atoms with Crippen molar-refractivity contribution in [3.05, 3.63) is 58.6 Å². The SMILES string of the molecule is N#Cc1ccc(NCCOc2cccc(Br)c2)cc1. The molecule has 1 N–H and O–H groups in total. The molecule has 3 nitrogen and oxygen atoms in total. The number of nitrogens with one attached hydrogen (secondary N) is 1. The monoisotopic (exact) mass is 316 g/mol. The first kappa shape index (κ1) is 13.4. The van der Waals surface area contributed by atoms with Gasteiger partial charge in [-0.05, 0) is 42.5 Å². The summed E-state index contributed by atoms with van der Waals surface area (Å²) in [4.78, 5) is 0. The van der Waals surface area contributed by atoms with Crippen LogP contribution in [0.2, 0.25) is 0 Å². The van der Waals surface area contributed by atoms with Crippen LogP contribution in [0.5, 0.6) is 5.75 Å². The van der Waals surface area contributed by atoms with Crippen LogP contribution in [-0.4, -0.2) is 13.2 Å². The molecule has 0 spiro atoms. The lowest BCUT2D eigenvalue weighted by Gasteiger charge is -2.08. The van der Waals surface area contributed by atoms with E-state index < -0.39 is 0 Å². The van der Waals surface area contributed by atoms with Crippen molar-refractivity contribution in [3.63, 3.8) is 0 Å². The van der Waals surface area contributed by atoms with Crippen molar-refractivity contribution >= 4 is 21.6 Å². The van der Waals surface area contributed by atoms with Crippen molar-refractivity contribution in [1.29, 1.82) is 5.26 Å². The summed E-state index contributed by atoms with van der Waals surface area (Å²) in [7, 11) is 0. The van der Waals surface area contributed by atoms with Gasteiger partial charge in [0.1, 0.15) is 12.4 Å². The third-order valence-corrected chi connectivity index (χ3v) is 3.00. The van der Waals surface area contributed by atoms with Gasteiger partial charge in [0.25, 0.3) is 0 Å². The quantitative estimate of drug-likeness (QED) is 0.853. The molecule has 0 aromatic heterocycles. The average Bonchev–Trinajstić information content (AvgIpc) is 2.44. The number of halogens is 1. The van der Waals surface area contributed by atoms with Crippen LogP contribution in [0.3, 0.4) is 0 Å². The van der Waals surface area contributed by atoms with Gasteiger partial charge in [-0.3, -0.25) is 0 Å². The molecule has 0 saturated heterocycles. The summed E-state index contributed by atoms with van der Waals surface area (Å²) in [6, 6.07) is 17.2. The van der Waals surface area contributed by atoms with Crippen molar-refractivity contribution < 1.29 is 4.74 Å². The number of ether oxygens (including phenoxy) is 1. The largest absolute Gasteiger partial charge is 0.492 e. The molecule has 19 heavy (non-hydrogen) atoms. The van der Waals surface area contributed by atoms with Gasteiger partial charge in [-0.15, -0.1) is 0 Å². The molecule has 0 aliphatic heterocycles. The Morgan fingerprint density at radius 1 is 1.16 bits per heavy atom. The van der Waals surface area contributed by atoms with Gasteiger partial charge in [-0.2, -0.15) is 5.26 Å². The molecule has 96 valence electrons. The van der Waals surface area contributed by atoms with E-state index in [0.717, 1.165) is 15.9 Å². The fraction of sp³-hybridized carbons (Fsp3) is 0.133. The third kappa shape index (κ3) is 4.31. The second-order valence-corrected chi connectivity index (χ2v) is 4.84. The highest BCUT2D eigenvalue weighted by Gasteiger charge is 1.96. The number of benzene rings is 2. The molecule has 0 aliphatic carbocycles. The predicted molar refractivity (Wildman–Crippen MR) is 79.3 cm³/mol. The molecule has 0 radical (unpaired) electrons. The van der Waals surface area contributed by atoms with Gasteiger partial charge in [0.2, 0.25) is 0 Å². The molecule has 0 saturated carbocycles. The molecule has 2 aromatic carbocycles. The normalized spacial score (nSPS) is 9.68. The maximum absolute atomic E-state index is 8.70. The maximum Gasteiger partial charge on any atom is 0.120 e. The van der Waals surface area contributed by atoms with Crippen LogP contribution in [-0.2, 0) is 0 Å².